The first-order valence-electron chi connectivity index (χ1n) is 41.2. The van der Waals surface area contributed by atoms with Gasteiger partial charge in [0.1, 0.15) is 19.3 Å². The Morgan fingerprint density at radius 3 is 0.717 bits per heavy atom. The smallest absolute Gasteiger partial charge is 0.462 e. The monoisotopic (exact) mass is 1450 g/mol. The van der Waals surface area contributed by atoms with Gasteiger partial charge in [-0.3, -0.25) is 37.3 Å². The van der Waals surface area contributed by atoms with Gasteiger partial charge in [-0.2, -0.15) is 0 Å². The summed E-state index contributed by atoms with van der Waals surface area (Å²) in [5.74, 6) is 0.966. The standard InChI is InChI=1S/C80H156O17P2/c1-9-73(8)59-51-43-38-39-45-53-61-78(83)91-67-76(97-79(84)62-54-46-36-30-24-20-15-11-10-13-17-21-26-32-40-48-56-70(2)3)69-95-99(88,89)93-65-74(81)64-92-98(86,87)94-68-75(96-80(85)63-55-47-37-31-25-28-34-42-50-58-72(6)7)66-90-77(82)60-52-44-35-29-23-19-16-12-14-18-22-27-33-41-49-57-71(4)5/h70-76,81H,9-69H2,1-8H3,(H,86,87)(H,88,89)/t73?,74-,75-,76-/m1/s1. The van der Waals surface area contributed by atoms with Gasteiger partial charge in [0, 0.05) is 25.7 Å². The van der Waals surface area contributed by atoms with E-state index in [9.17, 15) is 43.2 Å². The van der Waals surface area contributed by atoms with Crippen LogP contribution in [0.1, 0.15) is 409 Å². The summed E-state index contributed by atoms with van der Waals surface area (Å²) < 4.78 is 68.7. The van der Waals surface area contributed by atoms with Crippen LogP contribution in [0, 0.1) is 23.7 Å². The number of hydrogen-bond donors (Lipinski definition) is 3. The van der Waals surface area contributed by atoms with Gasteiger partial charge in [-0.05, 0) is 49.4 Å². The molecule has 0 heterocycles. The third-order valence-electron chi connectivity index (χ3n) is 18.9. The van der Waals surface area contributed by atoms with Crippen molar-refractivity contribution in [3.63, 3.8) is 0 Å². The summed E-state index contributed by atoms with van der Waals surface area (Å²) in [6.45, 7) is 14.2. The Bertz CT molecular complexity index is 1940. The highest BCUT2D eigenvalue weighted by molar-refractivity contribution is 7.47. The summed E-state index contributed by atoms with van der Waals surface area (Å²) in [4.78, 5) is 73.0. The molecule has 0 aliphatic rings. The molecule has 6 atom stereocenters. The molecule has 17 nitrogen and oxygen atoms in total. The molecule has 0 amide bonds. The van der Waals surface area contributed by atoms with Gasteiger partial charge >= 0.3 is 39.5 Å². The van der Waals surface area contributed by atoms with Crippen LogP contribution in [0.15, 0.2) is 0 Å². The fraction of sp³-hybridized carbons (Fsp3) is 0.950. The van der Waals surface area contributed by atoms with Crippen LogP contribution in [0.5, 0.6) is 0 Å². The molecule has 0 bridgehead atoms. The van der Waals surface area contributed by atoms with Crippen molar-refractivity contribution in [3.05, 3.63) is 0 Å². The summed E-state index contributed by atoms with van der Waals surface area (Å²) in [6.07, 6.45) is 55.6. The zero-order valence-corrected chi connectivity index (χ0v) is 66.9. The largest absolute Gasteiger partial charge is 0.472 e. The maximum Gasteiger partial charge on any atom is 0.472 e. The predicted octanol–water partition coefficient (Wildman–Crippen LogP) is 23.6. The van der Waals surface area contributed by atoms with Crippen molar-refractivity contribution >= 4 is 39.5 Å². The number of hydrogen-bond acceptors (Lipinski definition) is 15. The van der Waals surface area contributed by atoms with Crippen LogP contribution in [-0.2, 0) is 65.4 Å². The van der Waals surface area contributed by atoms with Crippen LogP contribution < -0.4 is 0 Å². The Morgan fingerprint density at radius 1 is 0.283 bits per heavy atom. The van der Waals surface area contributed by atoms with Gasteiger partial charge in [-0.25, -0.2) is 9.13 Å². The Hall–Kier alpha value is -1.94. The number of carbonyl (C=O) groups is 4. The molecule has 0 aliphatic heterocycles. The van der Waals surface area contributed by atoms with Gasteiger partial charge in [0.05, 0.1) is 26.4 Å². The van der Waals surface area contributed by atoms with E-state index in [0.717, 1.165) is 120 Å². The summed E-state index contributed by atoms with van der Waals surface area (Å²) in [7, 11) is -9.92. The molecular weight excluding hydrogens is 1290 g/mol. The van der Waals surface area contributed by atoms with Gasteiger partial charge in [0.25, 0.3) is 0 Å². The van der Waals surface area contributed by atoms with Gasteiger partial charge in [0.2, 0.25) is 0 Å². The fourth-order valence-corrected chi connectivity index (χ4v) is 13.8. The lowest BCUT2D eigenvalue weighted by Gasteiger charge is -2.21. The van der Waals surface area contributed by atoms with Crippen LogP contribution in [0.3, 0.4) is 0 Å². The second-order valence-corrected chi connectivity index (χ2v) is 33.4. The maximum atomic E-state index is 13.1. The van der Waals surface area contributed by atoms with E-state index in [1.165, 1.54) is 205 Å². The Morgan fingerprint density at radius 2 is 0.485 bits per heavy atom. The number of carbonyl (C=O) groups excluding carboxylic acids is 4. The number of aliphatic hydroxyl groups is 1. The number of esters is 4. The molecule has 99 heavy (non-hydrogen) atoms. The number of aliphatic hydroxyl groups excluding tert-OH is 1. The Balaban J connectivity index is 5.20. The van der Waals surface area contributed by atoms with Crippen LogP contribution >= 0.6 is 15.6 Å². The second kappa shape index (κ2) is 69.1. The SMILES string of the molecule is CCC(C)CCCCCCCCC(=O)OC[C@H](COP(=O)(O)OC[C@H](O)COP(=O)(O)OC[C@@H](COC(=O)CCCCCCCCCCCCCCCCCC(C)C)OC(=O)CCCCCCCCCCCC(C)C)OC(=O)CCCCCCCCCCCCCCCCCCC(C)C. The lowest BCUT2D eigenvalue weighted by molar-refractivity contribution is -0.161. The van der Waals surface area contributed by atoms with E-state index in [2.05, 4.69) is 55.4 Å². The molecule has 0 saturated heterocycles. The van der Waals surface area contributed by atoms with E-state index >= 15 is 0 Å². The molecule has 0 saturated carbocycles. The second-order valence-electron chi connectivity index (χ2n) is 30.5. The first-order chi connectivity index (χ1) is 47.6. The average molecular weight is 1450 g/mol. The van der Waals surface area contributed by atoms with E-state index in [4.69, 9.17) is 37.0 Å². The number of ether oxygens (including phenoxy) is 4. The van der Waals surface area contributed by atoms with Crippen LogP contribution in [0.2, 0.25) is 0 Å². The Kier molecular flexibility index (Phi) is 67.8. The fourth-order valence-electron chi connectivity index (χ4n) is 12.2. The lowest BCUT2D eigenvalue weighted by atomic mass is 10.00. The molecule has 0 radical (unpaired) electrons. The van der Waals surface area contributed by atoms with E-state index in [1.54, 1.807) is 0 Å². The van der Waals surface area contributed by atoms with Crippen molar-refractivity contribution in [2.45, 2.75) is 427 Å². The molecule has 0 fully saturated rings. The van der Waals surface area contributed by atoms with Crippen LogP contribution in [0.4, 0.5) is 0 Å². The average Bonchev–Trinajstić information content (AvgIpc) is 1.11. The molecule has 3 N–H and O–H groups in total. The number of rotatable bonds is 77. The molecule has 0 aromatic rings. The van der Waals surface area contributed by atoms with Crippen LogP contribution in [-0.4, -0.2) is 96.7 Å². The van der Waals surface area contributed by atoms with Gasteiger partial charge in [0.15, 0.2) is 12.2 Å². The molecule has 3 unspecified atom stereocenters. The van der Waals surface area contributed by atoms with Crippen molar-refractivity contribution in [3.8, 4) is 0 Å². The molecule has 0 aromatic carbocycles. The third-order valence-corrected chi connectivity index (χ3v) is 20.8. The summed E-state index contributed by atoms with van der Waals surface area (Å²) >= 11 is 0. The molecular formula is C80H156O17P2. The topological polar surface area (TPSA) is 237 Å². The molecule has 0 aromatic heterocycles. The summed E-state index contributed by atoms with van der Waals surface area (Å²) in [6, 6.07) is 0. The number of phosphoric acid groups is 2. The van der Waals surface area contributed by atoms with Crippen molar-refractivity contribution in [1.82, 2.24) is 0 Å². The first-order valence-corrected chi connectivity index (χ1v) is 44.2. The van der Waals surface area contributed by atoms with Crippen molar-refractivity contribution in [2.75, 3.05) is 39.6 Å². The van der Waals surface area contributed by atoms with E-state index in [1.807, 2.05) is 0 Å². The molecule has 0 aliphatic carbocycles. The first kappa shape index (κ1) is 97.1. The van der Waals surface area contributed by atoms with E-state index in [-0.39, 0.29) is 25.7 Å². The zero-order valence-electron chi connectivity index (χ0n) is 65.1. The summed E-state index contributed by atoms with van der Waals surface area (Å²) in [5, 5.41) is 10.6. The molecule has 19 heteroatoms. The minimum Gasteiger partial charge on any atom is -0.462 e. The quantitative estimate of drug-likeness (QED) is 0.0222. The van der Waals surface area contributed by atoms with Gasteiger partial charge < -0.3 is 33.8 Å². The lowest BCUT2D eigenvalue weighted by Crippen LogP contribution is -2.30. The number of unbranched alkanes of at least 4 members (excludes halogenated alkanes) is 42. The highest BCUT2D eigenvalue weighted by Crippen LogP contribution is 2.45. The van der Waals surface area contributed by atoms with Gasteiger partial charge in [-0.1, -0.05) is 357 Å². The van der Waals surface area contributed by atoms with Gasteiger partial charge in [-0.15, -0.1) is 0 Å². The Labute approximate surface area is 607 Å². The van der Waals surface area contributed by atoms with Crippen LogP contribution in [0.25, 0.3) is 0 Å². The number of phosphoric ester groups is 2. The zero-order chi connectivity index (χ0) is 73.1. The minimum atomic E-state index is -4.96. The maximum absolute atomic E-state index is 13.1. The van der Waals surface area contributed by atoms with Crippen molar-refractivity contribution < 1.29 is 80.2 Å². The van der Waals surface area contributed by atoms with E-state index in [0.29, 0.717) is 25.7 Å². The highest BCUT2D eigenvalue weighted by Gasteiger charge is 2.30. The molecule has 0 spiro atoms. The van der Waals surface area contributed by atoms with E-state index < -0.39 is 97.5 Å². The normalized spacial score (nSPS) is 14.3. The molecule has 588 valence electrons. The molecule has 0 rings (SSSR count). The van der Waals surface area contributed by atoms with Crippen molar-refractivity contribution in [2.24, 2.45) is 23.7 Å². The minimum absolute atomic E-state index is 0.105. The third kappa shape index (κ3) is 72.8. The summed E-state index contributed by atoms with van der Waals surface area (Å²) in [5.41, 5.74) is 0. The predicted molar refractivity (Wildman–Crippen MR) is 404 cm³/mol. The highest BCUT2D eigenvalue weighted by atomic mass is 31.2. The van der Waals surface area contributed by atoms with Crippen molar-refractivity contribution in [1.29, 1.82) is 0 Å².